The SMILES string of the molecule is Cl.Cl.Cn1cc(C2CS(=O)(=O)CCCN2)cn1. The number of rotatable bonds is 1. The van der Waals surface area contributed by atoms with Crippen molar-refractivity contribution >= 4 is 34.7 Å². The highest BCUT2D eigenvalue weighted by molar-refractivity contribution is 7.91. The number of nitrogens with one attached hydrogen (secondary N) is 1. The summed E-state index contributed by atoms with van der Waals surface area (Å²) in [5.74, 6) is 0.468. The van der Waals surface area contributed by atoms with Crippen molar-refractivity contribution in [3.05, 3.63) is 18.0 Å². The molecule has 17 heavy (non-hydrogen) atoms. The zero-order valence-electron chi connectivity index (χ0n) is 9.50. The standard InChI is InChI=1S/C9H15N3O2S.2ClH/c1-12-6-8(5-11-12)9-7-15(13,14)4-2-3-10-9;;/h5-6,9-10H,2-4,7H2,1H3;2*1H. The Hall–Kier alpha value is -0.300. The maximum Gasteiger partial charge on any atom is 0.152 e. The van der Waals surface area contributed by atoms with Crippen molar-refractivity contribution in [3.8, 4) is 0 Å². The van der Waals surface area contributed by atoms with Crippen molar-refractivity contribution in [3.63, 3.8) is 0 Å². The summed E-state index contributed by atoms with van der Waals surface area (Å²) < 4.78 is 24.9. The van der Waals surface area contributed by atoms with E-state index in [1.807, 2.05) is 13.2 Å². The van der Waals surface area contributed by atoms with Crippen molar-refractivity contribution in [2.45, 2.75) is 12.5 Å². The topological polar surface area (TPSA) is 64.0 Å². The van der Waals surface area contributed by atoms with Crippen LogP contribution in [-0.4, -0.2) is 36.2 Å². The summed E-state index contributed by atoms with van der Waals surface area (Å²) in [6.45, 7) is 0.749. The van der Waals surface area contributed by atoms with Crippen LogP contribution in [0.3, 0.4) is 0 Å². The first-order valence-electron chi connectivity index (χ1n) is 4.99. The van der Waals surface area contributed by atoms with Crippen LogP contribution in [0.25, 0.3) is 0 Å². The second kappa shape index (κ2) is 6.58. The Kier molecular flexibility index (Phi) is 6.47. The van der Waals surface area contributed by atoms with Crippen LogP contribution in [-0.2, 0) is 16.9 Å². The van der Waals surface area contributed by atoms with Gasteiger partial charge in [0.25, 0.3) is 0 Å². The number of sulfone groups is 1. The minimum absolute atomic E-state index is 0. The number of halogens is 2. The lowest BCUT2D eigenvalue weighted by Gasteiger charge is -2.12. The molecule has 0 aromatic carbocycles. The molecule has 100 valence electrons. The first-order chi connectivity index (χ1) is 7.07. The summed E-state index contributed by atoms with van der Waals surface area (Å²) in [6, 6.07) is -0.105. The molecule has 1 N–H and O–H groups in total. The van der Waals surface area contributed by atoms with Crippen LogP contribution in [0.2, 0.25) is 0 Å². The van der Waals surface area contributed by atoms with Gasteiger partial charge in [0.05, 0.1) is 17.7 Å². The van der Waals surface area contributed by atoms with Gasteiger partial charge in [0.1, 0.15) is 0 Å². The van der Waals surface area contributed by atoms with Gasteiger partial charge in [0.2, 0.25) is 0 Å². The second-order valence-corrected chi connectivity index (χ2v) is 6.15. The average Bonchev–Trinajstić information content (AvgIpc) is 2.49. The van der Waals surface area contributed by atoms with E-state index in [4.69, 9.17) is 0 Å². The van der Waals surface area contributed by atoms with E-state index in [0.717, 1.165) is 12.1 Å². The second-order valence-electron chi connectivity index (χ2n) is 3.92. The van der Waals surface area contributed by atoms with Gasteiger partial charge >= 0.3 is 0 Å². The summed E-state index contributed by atoms with van der Waals surface area (Å²) in [7, 11) is -1.08. The van der Waals surface area contributed by atoms with E-state index in [1.165, 1.54) is 0 Å². The molecule has 0 radical (unpaired) electrons. The van der Waals surface area contributed by atoms with E-state index < -0.39 is 9.84 Å². The first kappa shape index (κ1) is 16.7. The van der Waals surface area contributed by atoms with Gasteiger partial charge in [0, 0.05) is 24.8 Å². The largest absolute Gasteiger partial charge is 0.309 e. The molecule has 8 heteroatoms. The molecule has 0 saturated carbocycles. The van der Waals surface area contributed by atoms with E-state index in [0.29, 0.717) is 6.42 Å². The minimum atomic E-state index is -2.91. The molecule has 5 nitrogen and oxygen atoms in total. The van der Waals surface area contributed by atoms with Gasteiger partial charge < -0.3 is 5.32 Å². The molecule has 1 atom stereocenters. The molecule has 0 spiro atoms. The van der Waals surface area contributed by atoms with Crippen LogP contribution in [0, 0.1) is 0 Å². The van der Waals surface area contributed by atoms with Gasteiger partial charge in [0.15, 0.2) is 9.84 Å². The summed E-state index contributed by atoms with van der Waals surface area (Å²) in [5.41, 5.74) is 0.947. The maximum atomic E-state index is 11.6. The summed E-state index contributed by atoms with van der Waals surface area (Å²) in [4.78, 5) is 0. The number of hydrogen-bond donors (Lipinski definition) is 1. The molecule has 0 aliphatic carbocycles. The van der Waals surface area contributed by atoms with Gasteiger partial charge in [-0.3, -0.25) is 4.68 Å². The third kappa shape index (κ3) is 4.46. The van der Waals surface area contributed by atoms with Crippen LogP contribution >= 0.6 is 24.8 Å². The minimum Gasteiger partial charge on any atom is -0.309 e. The van der Waals surface area contributed by atoms with Crippen molar-refractivity contribution in [2.75, 3.05) is 18.1 Å². The van der Waals surface area contributed by atoms with Crippen LogP contribution in [0.4, 0.5) is 0 Å². The third-order valence-corrected chi connectivity index (χ3v) is 4.32. The fourth-order valence-electron chi connectivity index (χ4n) is 1.80. The van der Waals surface area contributed by atoms with Crippen LogP contribution in [0.1, 0.15) is 18.0 Å². The Morgan fingerprint density at radius 3 is 2.76 bits per heavy atom. The number of aryl methyl sites for hydroxylation is 1. The smallest absolute Gasteiger partial charge is 0.152 e. The lowest BCUT2D eigenvalue weighted by Crippen LogP contribution is -2.24. The normalized spacial score (nSPS) is 23.0. The highest BCUT2D eigenvalue weighted by Crippen LogP contribution is 2.17. The zero-order valence-corrected chi connectivity index (χ0v) is 11.9. The first-order valence-corrected chi connectivity index (χ1v) is 6.81. The lowest BCUT2D eigenvalue weighted by molar-refractivity contribution is 0.571. The van der Waals surface area contributed by atoms with E-state index in [2.05, 4.69) is 10.4 Å². The highest BCUT2D eigenvalue weighted by atomic mass is 35.5. The molecule has 1 aliphatic rings. The Morgan fingerprint density at radius 1 is 1.47 bits per heavy atom. The fourth-order valence-corrected chi connectivity index (χ4v) is 3.37. The summed E-state index contributed by atoms with van der Waals surface area (Å²) in [5, 5.41) is 7.29. The monoisotopic (exact) mass is 301 g/mol. The lowest BCUT2D eigenvalue weighted by atomic mass is 10.2. The van der Waals surface area contributed by atoms with Crippen LogP contribution in [0.15, 0.2) is 12.4 Å². The molecule has 1 aromatic rings. The van der Waals surface area contributed by atoms with E-state index in [9.17, 15) is 8.42 Å². The molecule has 1 aliphatic heterocycles. The molecule has 2 rings (SSSR count). The maximum absolute atomic E-state index is 11.6. The molecular formula is C9H17Cl2N3O2S. The summed E-state index contributed by atoms with van der Waals surface area (Å²) >= 11 is 0. The van der Waals surface area contributed by atoms with E-state index in [1.54, 1.807) is 10.9 Å². The average molecular weight is 302 g/mol. The van der Waals surface area contributed by atoms with Crippen molar-refractivity contribution in [1.29, 1.82) is 0 Å². The number of aromatic nitrogens is 2. The zero-order chi connectivity index (χ0) is 10.9. The predicted octanol–water partition coefficient (Wildman–Crippen LogP) is 0.713. The van der Waals surface area contributed by atoms with Crippen molar-refractivity contribution in [1.82, 2.24) is 15.1 Å². The Morgan fingerprint density at radius 2 is 2.18 bits per heavy atom. The van der Waals surface area contributed by atoms with Gasteiger partial charge in [-0.05, 0) is 13.0 Å². The number of nitrogens with zero attached hydrogens (tertiary/aromatic N) is 2. The molecular weight excluding hydrogens is 285 g/mol. The molecule has 1 aromatic heterocycles. The van der Waals surface area contributed by atoms with E-state index in [-0.39, 0.29) is 42.4 Å². The Balaban J connectivity index is 0.00000128. The van der Waals surface area contributed by atoms with Crippen molar-refractivity contribution in [2.24, 2.45) is 7.05 Å². The number of hydrogen-bond acceptors (Lipinski definition) is 4. The molecule has 1 fully saturated rings. The third-order valence-electron chi connectivity index (χ3n) is 2.57. The Labute approximate surface area is 114 Å². The van der Waals surface area contributed by atoms with Gasteiger partial charge in [-0.1, -0.05) is 0 Å². The molecule has 1 unspecified atom stereocenters. The predicted molar refractivity (Wildman–Crippen MR) is 71.7 cm³/mol. The van der Waals surface area contributed by atoms with Gasteiger partial charge in [-0.25, -0.2) is 8.42 Å². The van der Waals surface area contributed by atoms with Gasteiger partial charge in [-0.2, -0.15) is 5.10 Å². The quantitative estimate of drug-likeness (QED) is 0.830. The van der Waals surface area contributed by atoms with Gasteiger partial charge in [-0.15, -0.1) is 24.8 Å². The van der Waals surface area contributed by atoms with Crippen LogP contribution < -0.4 is 5.32 Å². The fraction of sp³-hybridized carbons (Fsp3) is 0.667. The molecule has 0 amide bonds. The summed E-state index contributed by atoms with van der Waals surface area (Å²) in [6.07, 6.45) is 4.27. The Bertz CT molecular complexity index is 447. The highest BCUT2D eigenvalue weighted by Gasteiger charge is 2.24. The molecule has 1 saturated heterocycles. The van der Waals surface area contributed by atoms with Crippen LogP contribution in [0.5, 0.6) is 0 Å². The van der Waals surface area contributed by atoms with E-state index >= 15 is 0 Å². The van der Waals surface area contributed by atoms with Crippen molar-refractivity contribution < 1.29 is 8.42 Å². The molecule has 2 heterocycles. The molecule has 0 bridgehead atoms.